The van der Waals surface area contributed by atoms with Crippen LogP contribution in [-0.2, 0) is 12.8 Å². The van der Waals surface area contributed by atoms with E-state index in [1.54, 1.807) is 0 Å². The number of fused-ring (bicyclic) bond motifs is 3. The number of likely N-dealkylation sites (tertiary alicyclic amines) is 1. The number of hydrogen-bond acceptors (Lipinski definition) is 1. The Bertz CT molecular complexity index is 731. The summed E-state index contributed by atoms with van der Waals surface area (Å²) in [7, 11) is 2.26. The lowest BCUT2D eigenvalue weighted by atomic mass is 9.73. The molecule has 1 heterocycles. The molecule has 1 nitrogen and oxygen atoms in total. The second-order valence-electron chi connectivity index (χ2n) is 6.96. The van der Waals surface area contributed by atoms with Gasteiger partial charge in [-0.2, -0.15) is 0 Å². The molecule has 0 bridgehead atoms. The zero-order valence-corrected chi connectivity index (χ0v) is 16.0. The van der Waals surface area contributed by atoms with E-state index >= 15 is 0 Å². The molecule has 0 aromatic heterocycles. The van der Waals surface area contributed by atoms with E-state index in [1.165, 1.54) is 23.1 Å². The normalized spacial score (nSPS) is 25.7. The molecule has 0 N–H and O–H groups in total. The predicted octanol–water partition coefficient (Wildman–Crippen LogP) is 5.62. The zero-order valence-electron chi connectivity index (χ0n) is 13.7. The van der Waals surface area contributed by atoms with Crippen LogP contribution in [0.3, 0.4) is 0 Å². The van der Waals surface area contributed by atoms with E-state index in [1.807, 2.05) is 12.1 Å². The minimum absolute atomic E-state index is 0. The standard InChI is InChI=1S/C20H21Cl2N.ClH/c1-23-12-18-15-6-3-7-19(22)16(15)8-9-17(18)20(23)11-13-4-2-5-14(21)10-13;/h2-7,10,17-18,20H,8-9,11-12H2,1H3;1H. The Labute approximate surface area is 160 Å². The van der Waals surface area contributed by atoms with Crippen LogP contribution in [-0.4, -0.2) is 24.5 Å². The summed E-state index contributed by atoms with van der Waals surface area (Å²) in [6.07, 6.45) is 3.42. The maximum Gasteiger partial charge on any atom is 0.0440 e. The molecule has 0 saturated carbocycles. The van der Waals surface area contributed by atoms with Crippen LogP contribution in [0.4, 0.5) is 0 Å². The van der Waals surface area contributed by atoms with Crippen molar-refractivity contribution in [2.75, 3.05) is 13.6 Å². The van der Waals surface area contributed by atoms with Crippen molar-refractivity contribution in [3.63, 3.8) is 0 Å². The van der Waals surface area contributed by atoms with E-state index in [4.69, 9.17) is 23.2 Å². The van der Waals surface area contributed by atoms with Crippen molar-refractivity contribution in [1.82, 2.24) is 4.90 Å². The zero-order chi connectivity index (χ0) is 16.0. The molecule has 24 heavy (non-hydrogen) atoms. The van der Waals surface area contributed by atoms with Gasteiger partial charge in [-0.3, -0.25) is 0 Å². The lowest BCUT2D eigenvalue weighted by molar-refractivity contribution is 0.259. The largest absolute Gasteiger partial charge is 0.302 e. The Balaban J connectivity index is 0.00000169. The van der Waals surface area contributed by atoms with Crippen molar-refractivity contribution in [1.29, 1.82) is 0 Å². The molecule has 128 valence electrons. The molecule has 4 heteroatoms. The monoisotopic (exact) mass is 381 g/mol. The topological polar surface area (TPSA) is 3.24 Å². The third-order valence-corrected chi connectivity index (χ3v) is 6.27. The van der Waals surface area contributed by atoms with E-state index in [0.29, 0.717) is 17.9 Å². The van der Waals surface area contributed by atoms with Crippen LogP contribution in [0.2, 0.25) is 10.0 Å². The van der Waals surface area contributed by atoms with Gasteiger partial charge in [0.15, 0.2) is 0 Å². The highest BCUT2D eigenvalue weighted by molar-refractivity contribution is 6.31. The van der Waals surface area contributed by atoms with E-state index in [0.717, 1.165) is 29.4 Å². The summed E-state index contributed by atoms with van der Waals surface area (Å²) in [4.78, 5) is 2.53. The first kappa shape index (κ1) is 18.1. The molecule has 0 radical (unpaired) electrons. The van der Waals surface area contributed by atoms with Crippen LogP contribution in [0.5, 0.6) is 0 Å². The van der Waals surface area contributed by atoms with Gasteiger partial charge in [-0.15, -0.1) is 12.4 Å². The highest BCUT2D eigenvalue weighted by Crippen LogP contribution is 2.46. The predicted molar refractivity (Wildman–Crippen MR) is 105 cm³/mol. The van der Waals surface area contributed by atoms with Gasteiger partial charge < -0.3 is 4.90 Å². The van der Waals surface area contributed by atoms with Gasteiger partial charge in [0.25, 0.3) is 0 Å². The third-order valence-electron chi connectivity index (χ3n) is 5.68. The average molecular weight is 383 g/mol. The molecule has 1 aliphatic carbocycles. The van der Waals surface area contributed by atoms with Crippen LogP contribution in [0, 0.1) is 5.92 Å². The van der Waals surface area contributed by atoms with Crippen molar-refractivity contribution in [2.45, 2.75) is 31.2 Å². The summed E-state index contributed by atoms with van der Waals surface area (Å²) in [6.45, 7) is 1.13. The van der Waals surface area contributed by atoms with Crippen LogP contribution < -0.4 is 0 Å². The van der Waals surface area contributed by atoms with Crippen LogP contribution >= 0.6 is 35.6 Å². The van der Waals surface area contributed by atoms with Crippen LogP contribution in [0.15, 0.2) is 42.5 Å². The molecule has 0 spiro atoms. The van der Waals surface area contributed by atoms with Crippen molar-refractivity contribution in [3.05, 3.63) is 69.2 Å². The first-order valence-electron chi connectivity index (χ1n) is 8.35. The molecular weight excluding hydrogens is 361 g/mol. The van der Waals surface area contributed by atoms with Crippen LogP contribution in [0.25, 0.3) is 0 Å². The summed E-state index contributed by atoms with van der Waals surface area (Å²) in [5.41, 5.74) is 4.20. The first-order chi connectivity index (χ1) is 11.1. The van der Waals surface area contributed by atoms with Crippen molar-refractivity contribution in [2.24, 2.45) is 5.92 Å². The number of rotatable bonds is 2. The summed E-state index contributed by atoms with van der Waals surface area (Å²) < 4.78 is 0. The van der Waals surface area contributed by atoms with E-state index in [9.17, 15) is 0 Å². The number of benzene rings is 2. The second-order valence-corrected chi connectivity index (χ2v) is 7.80. The molecule has 2 aliphatic rings. The van der Waals surface area contributed by atoms with Gasteiger partial charge in [0.1, 0.15) is 0 Å². The fourth-order valence-electron chi connectivity index (χ4n) is 4.61. The smallest absolute Gasteiger partial charge is 0.0440 e. The van der Waals surface area contributed by atoms with Crippen molar-refractivity contribution < 1.29 is 0 Å². The van der Waals surface area contributed by atoms with Gasteiger partial charge in [-0.25, -0.2) is 0 Å². The fourth-order valence-corrected chi connectivity index (χ4v) is 5.10. The molecule has 1 aliphatic heterocycles. The van der Waals surface area contributed by atoms with E-state index in [-0.39, 0.29) is 12.4 Å². The minimum Gasteiger partial charge on any atom is -0.302 e. The number of nitrogens with zero attached hydrogens (tertiary/aromatic N) is 1. The molecule has 2 aromatic carbocycles. The third kappa shape index (κ3) is 3.20. The summed E-state index contributed by atoms with van der Waals surface area (Å²) in [5, 5.41) is 1.78. The summed E-state index contributed by atoms with van der Waals surface area (Å²) >= 11 is 12.6. The van der Waals surface area contributed by atoms with E-state index in [2.05, 4.69) is 42.3 Å². The first-order valence-corrected chi connectivity index (χ1v) is 9.11. The summed E-state index contributed by atoms with van der Waals surface area (Å²) in [5.74, 6) is 1.33. The Morgan fingerprint density at radius 2 is 1.92 bits per heavy atom. The lowest BCUT2D eigenvalue weighted by Crippen LogP contribution is -2.32. The number of likely N-dealkylation sites (N-methyl/N-ethyl adjacent to an activating group) is 1. The van der Waals surface area contributed by atoms with Gasteiger partial charge >= 0.3 is 0 Å². The molecule has 1 fully saturated rings. The Morgan fingerprint density at radius 3 is 2.71 bits per heavy atom. The summed E-state index contributed by atoms with van der Waals surface area (Å²) in [6, 6.07) is 15.3. The molecule has 1 saturated heterocycles. The Hall–Kier alpha value is -0.730. The average Bonchev–Trinajstić information content (AvgIpc) is 2.84. The highest BCUT2D eigenvalue weighted by atomic mass is 35.5. The van der Waals surface area contributed by atoms with Gasteiger partial charge in [-0.1, -0.05) is 47.5 Å². The molecule has 4 rings (SSSR count). The van der Waals surface area contributed by atoms with Crippen molar-refractivity contribution >= 4 is 35.6 Å². The number of halogens is 3. The lowest BCUT2D eigenvalue weighted by Gasteiger charge is -2.32. The molecule has 2 aromatic rings. The van der Waals surface area contributed by atoms with Gasteiger partial charge in [-0.05, 0) is 67.1 Å². The quantitative estimate of drug-likeness (QED) is 0.651. The Morgan fingerprint density at radius 1 is 1.12 bits per heavy atom. The van der Waals surface area contributed by atoms with Crippen LogP contribution in [0.1, 0.15) is 29.0 Å². The molecule has 0 amide bonds. The SMILES string of the molecule is CN1CC2c3cccc(Cl)c3CCC2C1Cc1cccc(Cl)c1.Cl. The fraction of sp³-hybridized carbons (Fsp3) is 0.400. The molecule has 3 unspecified atom stereocenters. The molecule has 3 atom stereocenters. The van der Waals surface area contributed by atoms with E-state index < -0.39 is 0 Å². The second kappa shape index (κ2) is 7.25. The van der Waals surface area contributed by atoms with Gasteiger partial charge in [0.05, 0.1) is 0 Å². The van der Waals surface area contributed by atoms with Crippen molar-refractivity contribution in [3.8, 4) is 0 Å². The molecular formula is C20H22Cl3N. The minimum atomic E-state index is 0. The highest BCUT2D eigenvalue weighted by Gasteiger charge is 2.43. The Kier molecular flexibility index (Phi) is 5.46. The van der Waals surface area contributed by atoms with Gasteiger partial charge in [0.2, 0.25) is 0 Å². The maximum absolute atomic E-state index is 6.42. The number of hydrogen-bond donors (Lipinski definition) is 0. The maximum atomic E-state index is 6.42. The van der Waals surface area contributed by atoms with Gasteiger partial charge in [0, 0.05) is 28.5 Å².